The third-order valence-corrected chi connectivity index (χ3v) is 5.56. The molecule has 0 atom stereocenters. The molecule has 25 heavy (non-hydrogen) atoms. The van der Waals surface area contributed by atoms with Gasteiger partial charge in [-0.3, -0.25) is 4.79 Å². The van der Waals surface area contributed by atoms with Gasteiger partial charge in [-0.15, -0.1) is 0 Å². The van der Waals surface area contributed by atoms with Gasteiger partial charge in [0.25, 0.3) is 0 Å². The lowest BCUT2D eigenvalue weighted by Crippen LogP contribution is -2.35. The highest BCUT2D eigenvalue weighted by Crippen LogP contribution is 2.23. The Hall–Kier alpha value is -2.25. The molecule has 0 aliphatic carbocycles. The summed E-state index contributed by atoms with van der Waals surface area (Å²) < 4.78 is 38.8. The van der Waals surface area contributed by atoms with E-state index in [1.54, 1.807) is 12.1 Å². The minimum atomic E-state index is -3.86. The molecular weight excluding hydrogens is 343 g/mol. The second kappa shape index (κ2) is 7.76. The van der Waals surface area contributed by atoms with Crippen LogP contribution in [0.3, 0.4) is 0 Å². The van der Waals surface area contributed by atoms with E-state index in [0.717, 1.165) is 22.0 Å². The summed E-state index contributed by atoms with van der Waals surface area (Å²) in [4.78, 5) is 12.2. The predicted octanol–water partition coefficient (Wildman–Crippen LogP) is 3.21. The van der Waals surface area contributed by atoms with Gasteiger partial charge in [-0.25, -0.2) is 12.8 Å². The van der Waals surface area contributed by atoms with Crippen LogP contribution in [0.25, 0.3) is 0 Å². The number of sulfonamides is 1. The number of anilines is 1. The summed E-state index contributed by atoms with van der Waals surface area (Å²) >= 11 is 0. The summed E-state index contributed by atoms with van der Waals surface area (Å²) in [6, 6.07) is 11.9. The number of carbonyl (C=O) groups excluding carboxylic acids is 1. The van der Waals surface area contributed by atoms with E-state index < -0.39 is 21.7 Å². The molecule has 2 aromatic rings. The molecule has 0 bridgehead atoms. The second-order valence-electron chi connectivity index (χ2n) is 6.01. The summed E-state index contributed by atoms with van der Waals surface area (Å²) in [5.41, 5.74) is 1.63. The molecule has 0 radical (unpaired) electrons. The van der Waals surface area contributed by atoms with Crippen LogP contribution >= 0.6 is 0 Å². The number of hydrogen-bond donors (Lipinski definition) is 1. The van der Waals surface area contributed by atoms with Gasteiger partial charge in [0, 0.05) is 12.7 Å². The Bertz CT molecular complexity index is 849. The summed E-state index contributed by atoms with van der Waals surface area (Å²) in [6.07, 6.45) is 0. The first-order chi connectivity index (χ1) is 11.7. The molecule has 1 N–H and O–H groups in total. The number of amides is 1. The summed E-state index contributed by atoms with van der Waals surface area (Å²) in [5, 5.41) is 2.75. The molecule has 2 aromatic carbocycles. The van der Waals surface area contributed by atoms with Crippen LogP contribution in [0.2, 0.25) is 0 Å². The number of halogens is 1. The van der Waals surface area contributed by atoms with E-state index in [9.17, 15) is 17.6 Å². The number of para-hydroxylation sites is 1. The van der Waals surface area contributed by atoms with Crippen molar-refractivity contribution in [3.8, 4) is 0 Å². The van der Waals surface area contributed by atoms with Crippen molar-refractivity contribution in [2.75, 3.05) is 18.9 Å². The van der Waals surface area contributed by atoms with Crippen LogP contribution < -0.4 is 5.32 Å². The maximum atomic E-state index is 13.0. The van der Waals surface area contributed by atoms with Gasteiger partial charge in [-0.2, -0.15) is 4.31 Å². The first-order valence-corrected chi connectivity index (χ1v) is 9.26. The van der Waals surface area contributed by atoms with Crippen molar-refractivity contribution in [3.05, 3.63) is 59.9 Å². The fourth-order valence-corrected chi connectivity index (χ4v) is 3.50. The SMILES string of the molecule is CC(C)c1ccccc1NC(=O)CN(C)S(=O)(=O)c1ccc(F)cc1. The van der Waals surface area contributed by atoms with Crippen molar-refractivity contribution >= 4 is 21.6 Å². The third-order valence-electron chi connectivity index (χ3n) is 3.74. The Kier molecular flexibility index (Phi) is 5.92. The average molecular weight is 364 g/mol. The zero-order valence-corrected chi connectivity index (χ0v) is 15.2. The maximum Gasteiger partial charge on any atom is 0.243 e. The molecule has 0 aliphatic heterocycles. The van der Waals surface area contributed by atoms with Crippen LogP contribution in [-0.2, 0) is 14.8 Å². The summed E-state index contributed by atoms with van der Waals surface area (Å²) in [7, 11) is -2.55. The van der Waals surface area contributed by atoms with Gasteiger partial charge in [0.1, 0.15) is 5.82 Å². The van der Waals surface area contributed by atoms with Gasteiger partial charge in [-0.1, -0.05) is 32.0 Å². The Morgan fingerprint density at radius 3 is 2.32 bits per heavy atom. The van der Waals surface area contributed by atoms with Gasteiger partial charge < -0.3 is 5.32 Å². The molecule has 5 nitrogen and oxygen atoms in total. The summed E-state index contributed by atoms with van der Waals surface area (Å²) in [5.74, 6) is -0.747. The van der Waals surface area contributed by atoms with Crippen LogP contribution in [0.4, 0.5) is 10.1 Å². The maximum absolute atomic E-state index is 13.0. The first kappa shape index (κ1) is 19.1. The van der Waals surface area contributed by atoms with Gasteiger partial charge in [0.15, 0.2) is 0 Å². The molecule has 7 heteroatoms. The molecule has 0 saturated carbocycles. The minimum Gasteiger partial charge on any atom is -0.325 e. The van der Waals surface area contributed by atoms with Crippen LogP contribution in [0.1, 0.15) is 25.3 Å². The van der Waals surface area contributed by atoms with Gasteiger partial charge in [0.2, 0.25) is 15.9 Å². The van der Waals surface area contributed by atoms with E-state index in [0.29, 0.717) is 5.69 Å². The number of rotatable bonds is 6. The third kappa shape index (κ3) is 4.64. The molecule has 0 aliphatic rings. The van der Waals surface area contributed by atoms with Crippen molar-refractivity contribution in [2.45, 2.75) is 24.7 Å². The molecule has 0 aromatic heterocycles. The van der Waals surface area contributed by atoms with E-state index in [2.05, 4.69) is 5.32 Å². The van der Waals surface area contributed by atoms with Crippen LogP contribution in [0, 0.1) is 5.82 Å². The minimum absolute atomic E-state index is 0.0632. The number of nitrogens with one attached hydrogen (secondary N) is 1. The second-order valence-corrected chi connectivity index (χ2v) is 8.05. The van der Waals surface area contributed by atoms with Gasteiger partial charge in [-0.05, 0) is 41.8 Å². The zero-order valence-electron chi connectivity index (χ0n) is 14.4. The van der Waals surface area contributed by atoms with E-state index in [4.69, 9.17) is 0 Å². The van der Waals surface area contributed by atoms with Crippen LogP contribution in [0.5, 0.6) is 0 Å². The molecule has 0 saturated heterocycles. The topological polar surface area (TPSA) is 66.5 Å². The number of nitrogens with zero attached hydrogens (tertiary/aromatic N) is 1. The standard InChI is InChI=1S/C18H21FN2O3S/c1-13(2)16-6-4-5-7-17(16)20-18(22)12-21(3)25(23,24)15-10-8-14(19)9-11-15/h4-11,13H,12H2,1-3H3,(H,20,22). The smallest absolute Gasteiger partial charge is 0.243 e. The van der Waals surface area contributed by atoms with E-state index >= 15 is 0 Å². The lowest BCUT2D eigenvalue weighted by atomic mass is 10.0. The molecular formula is C18H21FN2O3S. The normalized spacial score (nSPS) is 11.8. The highest BCUT2D eigenvalue weighted by atomic mass is 32.2. The zero-order chi connectivity index (χ0) is 18.6. The molecule has 0 unspecified atom stereocenters. The quantitative estimate of drug-likeness (QED) is 0.856. The number of likely N-dealkylation sites (N-methyl/N-ethyl adjacent to an activating group) is 1. The van der Waals surface area contributed by atoms with Crippen LogP contribution in [0.15, 0.2) is 53.4 Å². The molecule has 0 fully saturated rings. The Morgan fingerprint density at radius 2 is 1.72 bits per heavy atom. The molecule has 134 valence electrons. The summed E-state index contributed by atoms with van der Waals surface area (Å²) in [6.45, 7) is 3.68. The number of carbonyl (C=O) groups is 1. The van der Waals surface area contributed by atoms with Crippen molar-refractivity contribution in [1.82, 2.24) is 4.31 Å². The Balaban J connectivity index is 2.11. The van der Waals surface area contributed by atoms with Crippen LogP contribution in [-0.4, -0.2) is 32.2 Å². The Morgan fingerprint density at radius 1 is 1.12 bits per heavy atom. The number of hydrogen-bond acceptors (Lipinski definition) is 3. The van der Waals surface area contributed by atoms with Crippen molar-refractivity contribution in [1.29, 1.82) is 0 Å². The van der Waals surface area contributed by atoms with Gasteiger partial charge >= 0.3 is 0 Å². The van der Waals surface area contributed by atoms with Crippen molar-refractivity contribution in [2.24, 2.45) is 0 Å². The molecule has 2 rings (SSSR count). The molecule has 0 heterocycles. The van der Waals surface area contributed by atoms with E-state index in [1.165, 1.54) is 19.2 Å². The highest BCUT2D eigenvalue weighted by Gasteiger charge is 2.23. The number of benzene rings is 2. The van der Waals surface area contributed by atoms with E-state index in [-0.39, 0.29) is 17.4 Å². The van der Waals surface area contributed by atoms with Gasteiger partial charge in [0.05, 0.1) is 11.4 Å². The lowest BCUT2D eigenvalue weighted by Gasteiger charge is -2.18. The first-order valence-electron chi connectivity index (χ1n) is 7.82. The van der Waals surface area contributed by atoms with E-state index in [1.807, 2.05) is 26.0 Å². The Labute approximate surface area is 147 Å². The predicted molar refractivity (Wildman–Crippen MR) is 95.4 cm³/mol. The lowest BCUT2D eigenvalue weighted by molar-refractivity contribution is -0.116. The molecule has 1 amide bonds. The monoisotopic (exact) mass is 364 g/mol. The largest absolute Gasteiger partial charge is 0.325 e. The van der Waals surface area contributed by atoms with Crippen molar-refractivity contribution in [3.63, 3.8) is 0 Å². The highest BCUT2D eigenvalue weighted by molar-refractivity contribution is 7.89. The fraction of sp³-hybridized carbons (Fsp3) is 0.278. The molecule has 0 spiro atoms. The van der Waals surface area contributed by atoms with Crippen molar-refractivity contribution < 1.29 is 17.6 Å². The fourth-order valence-electron chi connectivity index (χ4n) is 2.38. The average Bonchev–Trinajstić information content (AvgIpc) is 2.55.